The molecular formula is C13H17N3. The highest BCUT2D eigenvalue weighted by Crippen LogP contribution is 2.17. The Kier molecular flexibility index (Phi) is 3.43. The van der Waals surface area contributed by atoms with Crippen molar-refractivity contribution in [3.8, 4) is 6.07 Å². The number of hydrogen-bond donors (Lipinski definition) is 0. The Bertz CT molecular complexity index is 394. The van der Waals surface area contributed by atoms with E-state index in [-0.39, 0.29) is 0 Å². The molecule has 0 spiro atoms. The molecule has 0 unspecified atom stereocenters. The molecule has 0 amide bonds. The van der Waals surface area contributed by atoms with Crippen LogP contribution in [0.5, 0.6) is 0 Å². The molecule has 1 aliphatic heterocycles. The topological polar surface area (TPSA) is 30.3 Å². The fourth-order valence-corrected chi connectivity index (χ4v) is 2.08. The molecule has 1 heterocycles. The molecule has 16 heavy (non-hydrogen) atoms. The van der Waals surface area contributed by atoms with Gasteiger partial charge in [-0.05, 0) is 38.2 Å². The maximum absolute atomic E-state index is 8.88. The molecule has 0 bridgehead atoms. The summed E-state index contributed by atoms with van der Waals surface area (Å²) in [5.41, 5.74) is 1.92. The van der Waals surface area contributed by atoms with Gasteiger partial charge in [0.1, 0.15) is 0 Å². The molecule has 1 aromatic rings. The first-order chi connectivity index (χ1) is 7.79. The quantitative estimate of drug-likeness (QED) is 0.714. The van der Waals surface area contributed by atoms with Crippen molar-refractivity contribution in [2.24, 2.45) is 0 Å². The maximum Gasteiger partial charge on any atom is 0.0992 e. The van der Waals surface area contributed by atoms with Gasteiger partial charge >= 0.3 is 0 Å². The minimum Gasteiger partial charge on any atom is -0.370 e. The van der Waals surface area contributed by atoms with Crippen molar-refractivity contribution in [3.05, 3.63) is 29.8 Å². The molecule has 84 valence electrons. The molecule has 3 nitrogen and oxygen atoms in total. The van der Waals surface area contributed by atoms with E-state index in [0.29, 0.717) is 0 Å². The summed E-state index contributed by atoms with van der Waals surface area (Å²) in [5, 5.41) is 8.88. The second kappa shape index (κ2) is 5.00. The Labute approximate surface area is 96.9 Å². The van der Waals surface area contributed by atoms with Crippen molar-refractivity contribution in [1.29, 1.82) is 5.26 Å². The van der Waals surface area contributed by atoms with Gasteiger partial charge in [0, 0.05) is 25.3 Å². The molecule has 0 atom stereocenters. The lowest BCUT2D eigenvalue weighted by Crippen LogP contribution is -2.28. The van der Waals surface area contributed by atoms with E-state index in [9.17, 15) is 0 Å². The Morgan fingerprint density at radius 1 is 1.19 bits per heavy atom. The Hall–Kier alpha value is -1.53. The lowest BCUT2D eigenvalue weighted by molar-refractivity contribution is 0.360. The van der Waals surface area contributed by atoms with E-state index in [2.05, 4.69) is 29.0 Å². The SMILES string of the molecule is CN1CCCN(c2cccc(C#N)c2)CC1. The first kappa shape index (κ1) is 11.0. The highest BCUT2D eigenvalue weighted by Gasteiger charge is 2.12. The molecule has 0 aliphatic carbocycles. The molecule has 0 radical (unpaired) electrons. The average Bonchev–Trinajstić information content (AvgIpc) is 2.54. The number of hydrogen-bond acceptors (Lipinski definition) is 3. The van der Waals surface area contributed by atoms with Crippen LogP contribution in [0.25, 0.3) is 0 Å². The highest BCUT2D eigenvalue weighted by atomic mass is 15.2. The lowest BCUT2D eigenvalue weighted by atomic mass is 10.2. The van der Waals surface area contributed by atoms with E-state index in [1.165, 1.54) is 12.1 Å². The molecular weight excluding hydrogens is 198 g/mol. The zero-order valence-electron chi connectivity index (χ0n) is 9.69. The molecule has 2 rings (SSSR count). The van der Waals surface area contributed by atoms with Gasteiger partial charge in [-0.25, -0.2) is 0 Å². The zero-order chi connectivity index (χ0) is 11.4. The Morgan fingerprint density at radius 2 is 2.06 bits per heavy atom. The zero-order valence-corrected chi connectivity index (χ0v) is 9.69. The van der Waals surface area contributed by atoms with Gasteiger partial charge < -0.3 is 9.80 Å². The van der Waals surface area contributed by atoms with Gasteiger partial charge in [-0.2, -0.15) is 5.26 Å². The molecule has 0 aromatic heterocycles. The number of benzene rings is 1. The first-order valence-electron chi connectivity index (χ1n) is 5.73. The summed E-state index contributed by atoms with van der Waals surface area (Å²) in [6.07, 6.45) is 1.19. The third-order valence-electron chi connectivity index (χ3n) is 3.06. The van der Waals surface area contributed by atoms with Gasteiger partial charge in [-0.1, -0.05) is 6.07 Å². The monoisotopic (exact) mass is 215 g/mol. The first-order valence-corrected chi connectivity index (χ1v) is 5.73. The standard InChI is InChI=1S/C13H17N3/c1-15-6-3-7-16(9-8-15)13-5-2-4-12(10-13)11-14/h2,4-5,10H,3,6-9H2,1H3. The van der Waals surface area contributed by atoms with Gasteiger partial charge in [-0.3, -0.25) is 0 Å². The van der Waals surface area contributed by atoms with Gasteiger partial charge in [0.05, 0.1) is 11.6 Å². The fraction of sp³-hybridized carbons (Fsp3) is 0.462. The van der Waals surface area contributed by atoms with Crippen molar-refractivity contribution >= 4 is 5.69 Å². The van der Waals surface area contributed by atoms with Gasteiger partial charge in [0.25, 0.3) is 0 Å². The predicted octanol–water partition coefficient (Wildman–Crippen LogP) is 1.70. The van der Waals surface area contributed by atoms with Crippen LogP contribution < -0.4 is 4.90 Å². The second-order valence-electron chi connectivity index (χ2n) is 4.31. The summed E-state index contributed by atoms with van der Waals surface area (Å²) in [6.45, 7) is 4.38. The number of nitrogens with zero attached hydrogens (tertiary/aromatic N) is 3. The molecule has 0 saturated carbocycles. The number of likely N-dealkylation sites (N-methyl/N-ethyl adjacent to an activating group) is 1. The Balaban J connectivity index is 2.14. The third kappa shape index (κ3) is 2.53. The van der Waals surface area contributed by atoms with Gasteiger partial charge in [0.2, 0.25) is 0 Å². The lowest BCUT2D eigenvalue weighted by Gasteiger charge is -2.22. The van der Waals surface area contributed by atoms with E-state index in [1.54, 1.807) is 0 Å². The van der Waals surface area contributed by atoms with Gasteiger partial charge in [0.15, 0.2) is 0 Å². The van der Waals surface area contributed by atoms with Crippen LogP contribution in [0.4, 0.5) is 5.69 Å². The molecule has 1 saturated heterocycles. The van der Waals surface area contributed by atoms with Crippen LogP contribution in [0, 0.1) is 11.3 Å². The highest BCUT2D eigenvalue weighted by molar-refractivity contribution is 5.51. The summed E-state index contributed by atoms with van der Waals surface area (Å²) in [7, 11) is 2.16. The predicted molar refractivity (Wildman–Crippen MR) is 65.5 cm³/mol. The largest absolute Gasteiger partial charge is 0.370 e. The van der Waals surface area contributed by atoms with Crippen LogP contribution in [0.2, 0.25) is 0 Å². The molecule has 0 N–H and O–H groups in total. The van der Waals surface area contributed by atoms with Crippen LogP contribution in [-0.4, -0.2) is 38.1 Å². The summed E-state index contributed by atoms with van der Waals surface area (Å²) in [5.74, 6) is 0. The minimum atomic E-state index is 0.745. The van der Waals surface area contributed by atoms with E-state index < -0.39 is 0 Å². The summed E-state index contributed by atoms with van der Waals surface area (Å²) in [4.78, 5) is 4.72. The van der Waals surface area contributed by atoms with E-state index >= 15 is 0 Å². The number of anilines is 1. The summed E-state index contributed by atoms with van der Waals surface area (Å²) in [6, 6.07) is 10.1. The molecule has 1 aromatic carbocycles. The second-order valence-corrected chi connectivity index (χ2v) is 4.31. The summed E-state index contributed by atoms with van der Waals surface area (Å²) >= 11 is 0. The van der Waals surface area contributed by atoms with Crippen LogP contribution in [0.1, 0.15) is 12.0 Å². The summed E-state index contributed by atoms with van der Waals surface area (Å²) < 4.78 is 0. The molecule has 1 fully saturated rings. The van der Waals surface area contributed by atoms with E-state index in [0.717, 1.165) is 31.7 Å². The minimum absolute atomic E-state index is 0.745. The van der Waals surface area contributed by atoms with Crippen molar-refractivity contribution in [2.45, 2.75) is 6.42 Å². The van der Waals surface area contributed by atoms with Crippen molar-refractivity contribution in [1.82, 2.24) is 4.90 Å². The number of nitriles is 1. The fourth-order valence-electron chi connectivity index (χ4n) is 2.08. The van der Waals surface area contributed by atoms with Gasteiger partial charge in [-0.15, -0.1) is 0 Å². The van der Waals surface area contributed by atoms with Crippen molar-refractivity contribution in [3.63, 3.8) is 0 Å². The average molecular weight is 215 g/mol. The van der Waals surface area contributed by atoms with Crippen LogP contribution in [-0.2, 0) is 0 Å². The normalized spacial score (nSPS) is 17.9. The van der Waals surface area contributed by atoms with E-state index in [1.807, 2.05) is 18.2 Å². The molecule has 3 heteroatoms. The maximum atomic E-state index is 8.88. The molecule has 1 aliphatic rings. The van der Waals surface area contributed by atoms with Crippen molar-refractivity contribution < 1.29 is 0 Å². The van der Waals surface area contributed by atoms with Crippen molar-refractivity contribution in [2.75, 3.05) is 38.1 Å². The smallest absolute Gasteiger partial charge is 0.0992 e. The van der Waals surface area contributed by atoms with E-state index in [4.69, 9.17) is 5.26 Å². The van der Waals surface area contributed by atoms with Crippen LogP contribution >= 0.6 is 0 Å². The van der Waals surface area contributed by atoms with Crippen LogP contribution in [0.3, 0.4) is 0 Å². The number of rotatable bonds is 1. The Morgan fingerprint density at radius 3 is 2.88 bits per heavy atom. The third-order valence-corrected chi connectivity index (χ3v) is 3.06. The van der Waals surface area contributed by atoms with Crippen LogP contribution in [0.15, 0.2) is 24.3 Å².